The van der Waals surface area contributed by atoms with E-state index in [0.29, 0.717) is 0 Å². The number of ether oxygens (including phenoxy) is 1. The molecule has 2 aromatic rings. The fraction of sp³-hybridized carbons (Fsp3) is 0.250. The minimum Gasteiger partial charge on any atom is -0.469 e. The van der Waals surface area contributed by atoms with Crippen LogP contribution in [0.2, 0.25) is 0 Å². The Kier molecular flexibility index (Phi) is 5.24. The van der Waals surface area contributed by atoms with Gasteiger partial charge in [0.05, 0.1) is 19.6 Å². The molecule has 2 N–H and O–H groups in total. The number of rotatable bonds is 5. The number of methoxy groups -OCH3 is 1. The van der Waals surface area contributed by atoms with Crippen LogP contribution in [-0.2, 0) is 9.53 Å². The first-order chi connectivity index (χ1) is 11.0. The summed E-state index contributed by atoms with van der Waals surface area (Å²) < 4.78 is 4.68. The van der Waals surface area contributed by atoms with Crippen molar-refractivity contribution in [2.24, 2.45) is 0 Å². The number of hydrogen-bond acceptors (Lipinski definition) is 5. The Labute approximate surface area is 132 Å². The number of esters is 1. The van der Waals surface area contributed by atoms with Gasteiger partial charge in [-0.2, -0.15) is 5.10 Å². The summed E-state index contributed by atoms with van der Waals surface area (Å²) in [5.74, 6) is -0.930. The molecule has 2 rings (SSSR count). The molecule has 0 saturated heterocycles. The summed E-state index contributed by atoms with van der Waals surface area (Å²) in [5.41, 5.74) is 1.51. The van der Waals surface area contributed by atoms with Gasteiger partial charge < -0.3 is 10.1 Å². The van der Waals surface area contributed by atoms with Gasteiger partial charge in [0.1, 0.15) is 5.69 Å². The number of hydrogen-bond donors (Lipinski definition) is 2. The van der Waals surface area contributed by atoms with Crippen molar-refractivity contribution in [1.29, 1.82) is 0 Å². The first kappa shape index (κ1) is 16.4. The monoisotopic (exact) mass is 315 g/mol. The molecule has 1 heterocycles. The van der Waals surface area contributed by atoms with Crippen molar-refractivity contribution in [3.8, 4) is 0 Å². The van der Waals surface area contributed by atoms with Gasteiger partial charge in [-0.3, -0.25) is 14.4 Å². The smallest absolute Gasteiger partial charge is 0.307 e. The molecular weight excluding hydrogens is 298 g/mol. The second-order valence-electron chi connectivity index (χ2n) is 5.02. The molecule has 23 heavy (non-hydrogen) atoms. The van der Waals surface area contributed by atoms with E-state index in [-0.39, 0.29) is 12.1 Å². The lowest BCUT2D eigenvalue weighted by atomic mass is 10.0. The molecule has 120 valence electrons. The quantitative estimate of drug-likeness (QED) is 0.805. The van der Waals surface area contributed by atoms with E-state index in [1.165, 1.54) is 19.2 Å². The van der Waals surface area contributed by atoms with E-state index in [9.17, 15) is 14.4 Å². The lowest BCUT2D eigenvalue weighted by Crippen LogP contribution is -2.31. The fourth-order valence-corrected chi connectivity index (χ4v) is 2.00. The van der Waals surface area contributed by atoms with E-state index >= 15 is 0 Å². The zero-order valence-electron chi connectivity index (χ0n) is 12.8. The Morgan fingerprint density at radius 1 is 1.22 bits per heavy atom. The fourth-order valence-electron chi connectivity index (χ4n) is 2.00. The number of H-pyrrole nitrogens is 1. The van der Waals surface area contributed by atoms with Gasteiger partial charge in [0.25, 0.3) is 11.5 Å². The molecule has 0 bridgehead atoms. The molecule has 1 aromatic heterocycles. The van der Waals surface area contributed by atoms with Gasteiger partial charge >= 0.3 is 5.97 Å². The molecule has 1 unspecified atom stereocenters. The molecule has 0 aliphatic heterocycles. The predicted molar refractivity (Wildman–Crippen MR) is 82.9 cm³/mol. The Hall–Kier alpha value is -2.96. The Bertz CT molecular complexity index is 732. The number of nitrogens with one attached hydrogen (secondary N) is 2. The minimum atomic E-state index is -0.552. The topological polar surface area (TPSA) is 101 Å². The van der Waals surface area contributed by atoms with Gasteiger partial charge in [-0.25, -0.2) is 5.10 Å². The Morgan fingerprint density at radius 2 is 1.91 bits per heavy atom. The lowest BCUT2D eigenvalue weighted by molar-refractivity contribution is -0.141. The van der Waals surface area contributed by atoms with Crippen LogP contribution in [0.3, 0.4) is 0 Å². The SMILES string of the molecule is COC(=O)CC(NC(=O)c1ccc(=O)[nH]n1)c1ccc(C)cc1. The molecule has 7 nitrogen and oxygen atoms in total. The summed E-state index contributed by atoms with van der Waals surface area (Å²) in [6, 6.07) is 9.44. The number of aryl methyl sites for hydroxylation is 1. The average Bonchev–Trinajstić information content (AvgIpc) is 2.55. The number of benzene rings is 1. The molecular formula is C16H17N3O4. The van der Waals surface area contributed by atoms with E-state index in [4.69, 9.17) is 0 Å². The van der Waals surface area contributed by atoms with Gasteiger partial charge in [0, 0.05) is 6.07 Å². The predicted octanol–water partition coefficient (Wildman–Crippen LogP) is 1.11. The maximum atomic E-state index is 12.2. The maximum Gasteiger partial charge on any atom is 0.307 e. The van der Waals surface area contributed by atoms with Crippen molar-refractivity contribution in [3.05, 3.63) is 63.6 Å². The van der Waals surface area contributed by atoms with Crippen molar-refractivity contribution in [2.45, 2.75) is 19.4 Å². The number of amides is 1. The van der Waals surface area contributed by atoms with Crippen LogP contribution in [0.15, 0.2) is 41.2 Å². The molecule has 0 aliphatic rings. The van der Waals surface area contributed by atoms with Crippen molar-refractivity contribution in [3.63, 3.8) is 0 Å². The number of carbonyl (C=O) groups is 2. The molecule has 0 spiro atoms. The summed E-state index contributed by atoms with van der Waals surface area (Å²) in [5, 5.41) is 8.60. The summed E-state index contributed by atoms with van der Waals surface area (Å²) in [6.07, 6.45) is -0.00530. The lowest BCUT2D eigenvalue weighted by Gasteiger charge is -2.18. The van der Waals surface area contributed by atoms with Gasteiger partial charge in [-0.15, -0.1) is 0 Å². The third-order valence-electron chi connectivity index (χ3n) is 3.30. The van der Waals surface area contributed by atoms with Crippen LogP contribution in [0.25, 0.3) is 0 Å². The zero-order chi connectivity index (χ0) is 16.8. The first-order valence-electron chi connectivity index (χ1n) is 6.99. The zero-order valence-corrected chi connectivity index (χ0v) is 12.8. The van der Waals surface area contributed by atoms with Crippen LogP contribution in [0.1, 0.15) is 34.1 Å². The molecule has 1 aromatic carbocycles. The molecule has 1 atom stereocenters. The molecule has 0 saturated carbocycles. The van der Waals surface area contributed by atoms with E-state index in [1.54, 1.807) is 0 Å². The second-order valence-corrected chi connectivity index (χ2v) is 5.02. The highest BCUT2D eigenvalue weighted by molar-refractivity contribution is 5.92. The molecule has 1 amide bonds. The van der Waals surface area contributed by atoms with Crippen LogP contribution >= 0.6 is 0 Å². The normalized spacial score (nSPS) is 11.6. The van der Waals surface area contributed by atoms with E-state index in [2.05, 4.69) is 20.3 Å². The van der Waals surface area contributed by atoms with Gasteiger partial charge in [0.2, 0.25) is 0 Å². The Morgan fingerprint density at radius 3 is 2.48 bits per heavy atom. The van der Waals surface area contributed by atoms with Crippen LogP contribution in [-0.4, -0.2) is 29.2 Å². The molecule has 7 heteroatoms. The summed E-state index contributed by atoms with van der Waals surface area (Å²) in [7, 11) is 1.29. The number of aromatic nitrogens is 2. The van der Waals surface area contributed by atoms with Crippen molar-refractivity contribution in [2.75, 3.05) is 7.11 Å². The number of nitrogens with zero attached hydrogens (tertiary/aromatic N) is 1. The Balaban J connectivity index is 2.21. The average molecular weight is 315 g/mol. The highest BCUT2D eigenvalue weighted by Gasteiger charge is 2.20. The summed E-state index contributed by atoms with van der Waals surface area (Å²) in [6.45, 7) is 1.95. The van der Waals surface area contributed by atoms with Gasteiger partial charge in [-0.05, 0) is 18.6 Å². The second kappa shape index (κ2) is 7.35. The third-order valence-corrected chi connectivity index (χ3v) is 3.30. The van der Waals surface area contributed by atoms with Crippen molar-refractivity contribution >= 4 is 11.9 Å². The van der Waals surface area contributed by atoms with Crippen molar-refractivity contribution < 1.29 is 14.3 Å². The van der Waals surface area contributed by atoms with E-state index in [1.807, 2.05) is 31.2 Å². The van der Waals surface area contributed by atoms with Gasteiger partial charge in [0.15, 0.2) is 0 Å². The minimum absolute atomic E-state index is 0.00530. The molecule has 0 aliphatic carbocycles. The summed E-state index contributed by atoms with van der Waals surface area (Å²) in [4.78, 5) is 34.8. The van der Waals surface area contributed by atoms with Crippen LogP contribution in [0, 0.1) is 6.92 Å². The molecule has 0 radical (unpaired) electrons. The first-order valence-corrected chi connectivity index (χ1v) is 6.99. The number of aromatic amines is 1. The van der Waals surface area contributed by atoms with E-state index < -0.39 is 23.5 Å². The third kappa shape index (κ3) is 4.50. The number of carbonyl (C=O) groups excluding carboxylic acids is 2. The van der Waals surface area contributed by atoms with Crippen LogP contribution < -0.4 is 10.9 Å². The standard InChI is InChI=1S/C16H17N3O4/c1-10-3-5-11(6-4-10)13(9-15(21)23-2)17-16(22)12-7-8-14(20)19-18-12/h3-8,13H,9H2,1-2H3,(H,17,22)(H,19,20). The maximum absolute atomic E-state index is 12.2. The summed E-state index contributed by atoms with van der Waals surface area (Å²) >= 11 is 0. The highest BCUT2D eigenvalue weighted by Crippen LogP contribution is 2.18. The molecule has 0 fully saturated rings. The van der Waals surface area contributed by atoms with Crippen LogP contribution in [0.4, 0.5) is 0 Å². The van der Waals surface area contributed by atoms with Gasteiger partial charge in [-0.1, -0.05) is 29.8 Å². The van der Waals surface area contributed by atoms with Crippen LogP contribution in [0.5, 0.6) is 0 Å². The van der Waals surface area contributed by atoms with E-state index in [0.717, 1.165) is 11.1 Å². The van der Waals surface area contributed by atoms with Crippen molar-refractivity contribution in [1.82, 2.24) is 15.5 Å². The highest BCUT2D eigenvalue weighted by atomic mass is 16.5. The largest absolute Gasteiger partial charge is 0.469 e.